The Hall–Kier alpha value is -3.36. The van der Waals surface area contributed by atoms with Gasteiger partial charge < -0.3 is 24.6 Å². The number of anilines is 2. The lowest BCUT2D eigenvalue weighted by Crippen LogP contribution is -2.29. The molecule has 0 atom stereocenters. The largest absolute Gasteiger partial charge is 0.495 e. The molecule has 1 saturated heterocycles. The van der Waals surface area contributed by atoms with Crippen LogP contribution >= 0.6 is 11.6 Å². The standard InChI is InChI=1S/C28H30ClN5O3/c1-33-13-9-17(10-14-33)18-7-8-21(23(15-18)36-3)31-27-30-16-20(29)25(32-27)37-22-6-4-5-19-24(22)26(35)34(2)28(19)11-12-28/h4-8,15-17H,9-14H2,1-3H3,(H,30,31,32). The molecular formula is C28H30ClN5O3. The van der Waals surface area contributed by atoms with E-state index in [0.29, 0.717) is 23.2 Å². The Morgan fingerprint density at radius 2 is 1.89 bits per heavy atom. The Morgan fingerprint density at radius 1 is 1.11 bits per heavy atom. The molecule has 0 unspecified atom stereocenters. The molecule has 37 heavy (non-hydrogen) atoms. The minimum absolute atomic E-state index is 0.0407. The van der Waals surface area contributed by atoms with E-state index in [-0.39, 0.29) is 22.3 Å². The number of hydrogen-bond acceptors (Lipinski definition) is 7. The maximum atomic E-state index is 13.0. The number of amides is 1. The number of ether oxygens (including phenoxy) is 2. The van der Waals surface area contributed by atoms with Crippen LogP contribution in [0.15, 0.2) is 42.6 Å². The summed E-state index contributed by atoms with van der Waals surface area (Å²) in [4.78, 5) is 26.1. The van der Waals surface area contributed by atoms with Gasteiger partial charge in [-0.25, -0.2) is 4.98 Å². The topological polar surface area (TPSA) is 79.8 Å². The number of methoxy groups -OCH3 is 1. The van der Waals surface area contributed by atoms with Crippen LogP contribution in [0, 0.1) is 0 Å². The Kier molecular flexibility index (Phi) is 5.96. The van der Waals surface area contributed by atoms with Gasteiger partial charge in [0, 0.05) is 7.05 Å². The lowest BCUT2D eigenvalue weighted by atomic mass is 9.89. The van der Waals surface area contributed by atoms with Crippen molar-refractivity contribution in [3.63, 3.8) is 0 Å². The van der Waals surface area contributed by atoms with E-state index in [2.05, 4.69) is 39.4 Å². The van der Waals surface area contributed by atoms with Crippen molar-refractivity contribution >= 4 is 29.1 Å². The molecule has 9 heteroatoms. The van der Waals surface area contributed by atoms with Gasteiger partial charge in [-0.3, -0.25) is 4.79 Å². The molecule has 2 aromatic carbocycles. The highest BCUT2D eigenvalue weighted by molar-refractivity contribution is 6.31. The first-order valence-electron chi connectivity index (χ1n) is 12.6. The second-order valence-electron chi connectivity index (χ2n) is 10.2. The van der Waals surface area contributed by atoms with E-state index in [1.807, 2.05) is 30.1 Å². The maximum Gasteiger partial charge on any atom is 0.258 e. The summed E-state index contributed by atoms with van der Waals surface area (Å²) < 4.78 is 11.8. The van der Waals surface area contributed by atoms with Gasteiger partial charge in [-0.15, -0.1) is 0 Å². The zero-order valence-corrected chi connectivity index (χ0v) is 22.0. The number of aromatic nitrogens is 2. The monoisotopic (exact) mass is 519 g/mol. The van der Waals surface area contributed by atoms with E-state index in [1.54, 1.807) is 13.2 Å². The third kappa shape index (κ3) is 4.18. The molecule has 8 nitrogen and oxygen atoms in total. The fraction of sp³-hybridized carbons (Fsp3) is 0.393. The quantitative estimate of drug-likeness (QED) is 0.456. The van der Waals surface area contributed by atoms with Crippen LogP contribution in [0.2, 0.25) is 5.02 Å². The number of nitrogens with zero attached hydrogens (tertiary/aromatic N) is 4. The molecule has 6 rings (SSSR count). The average molecular weight is 520 g/mol. The molecule has 1 saturated carbocycles. The summed E-state index contributed by atoms with van der Waals surface area (Å²) in [5, 5.41) is 3.49. The van der Waals surface area contributed by atoms with Gasteiger partial charge in [-0.2, -0.15) is 4.98 Å². The molecule has 1 N–H and O–H groups in total. The number of benzene rings is 2. The predicted octanol–water partition coefficient (Wildman–Crippen LogP) is 5.56. The van der Waals surface area contributed by atoms with Crippen molar-refractivity contribution in [2.45, 2.75) is 37.1 Å². The van der Waals surface area contributed by atoms with Gasteiger partial charge in [0.25, 0.3) is 5.91 Å². The normalized spacial score (nSPS) is 18.7. The first kappa shape index (κ1) is 24.0. The number of fused-ring (bicyclic) bond motifs is 2. The van der Waals surface area contributed by atoms with E-state index in [9.17, 15) is 4.79 Å². The minimum atomic E-state index is -0.190. The van der Waals surface area contributed by atoms with E-state index in [0.717, 1.165) is 55.8 Å². The molecule has 2 fully saturated rings. The van der Waals surface area contributed by atoms with Crippen molar-refractivity contribution in [1.29, 1.82) is 0 Å². The molecule has 1 aromatic heterocycles. The van der Waals surface area contributed by atoms with Crippen molar-refractivity contribution in [3.05, 3.63) is 64.3 Å². The maximum absolute atomic E-state index is 13.0. The smallest absolute Gasteiger partial charge is 0.258 e. The first-order chi connectivity index (χ1) is 17.9. The third-order valence-corrected chi connectivity index (χ3v) is 8.25. The lowest BCUT2D eigenvalue weighted by Gasteiger charge is -2.29. The van der Waals surface area contributed by atoms with Crippen LogP contribution < -0.4 is 14.8 Å². The predicted molar refractivity (Wildman–Crippen MR) is 142 cm³/mol. The van der Waals surface area contributed by atoms with Crippen LogP contribution in [0.3, 0.4) is 0 Å². The molecular weight excluding hydrogens is 490 g/mol. The van der Waals surface area contributed by atoms with Crippen LogP contribution in [-0.2, 0) is 5.54 Å². The summed E-state index contributed by atoms with van der Waals surface area (Å²) >= 11 is 6.41. The number of halogens is 1. The minimum Gasteiger partial charge on any atom is -0.495 e. The number of likely N-dealkylation sites (tertiary alicyclic amines) is 1. The molecule has 1 amide bonds. The second kappa shape index (κ2) is 9.19. The Balaban J connectivity index is 1.25. The molecule has 3 aliphatic rings. The highest BCUT2D eigenvalue weighted by Gasteiger charge is 2.57. The van der Waals surface area contributed by atoms with Crippen LogP contribution in [0.4, 0.5) is 11.6 Å². The average Bonchev–Trinajstić information content (AvgIpc) is 3.69. The Labute approximate surface area is 221 Å². The van der Waals surface area contributed by atoms with Gasteiger partial charge in [0.05, 0.1) is 30.1 Å². The van der Waals surface area contributed by atoms with E-state index in [1.165, 1.54) is 11.8 Å². The number of rotatable bonds is 6. The van der Waals surface area contributed by atoms with Crippen molar-refractivity contribution in [1.82, 2.24) is 19.8 Å². The van der Waals surface area contributed by atoms with Crippen molar-refractivity contribution < 1.29 is 14.3 Å². The summed E-state index contributed by atoms with van der Waals surface area (Å²) in [6, 6.07) is 11.9. The van der Waals surface area contributed by atoms with Gasteiger partial charge >= 0.3 is 0 Å². The molecule has 192 valence electrons. The molecule has 3 aromatic rings. The van der Waals surface area contributed by atoms with Gasteiger partial charge in [0.2, 0.25) is 11.8 Å². The number of piperidine rings is 1. The fourth-order valence-electron chi connectivity index (χ4n) is 5.61. The number of hydrogen-bond donors (Lipinski definition) is 1. The second-order valence-corrected chi connectivity index (χ2v) is 10.6. The van der Waals surface area contributed by atoms with Crippen LogP contribution in [0.5, 0.6) is 17.4 Å². The van der Waals surface area contributed by atoms with Gasteiger partial charge in [0.1, 0.15) is 16.5 Å². The van der Waals surface area contributed by atoms with Crippen LogP contribution in [0.25, 0.3) is 0 Å². The summed E-state index contributed by atoms with van der Waals surface area (Å²) in [6.07, 6.45) is 5.69. The lowest BCUT2D eigenvalue weighted by molar-refractivity contribution is 0.0753. The summed E-state index contributed by atoms with van der Waals surface area (Å²) in [6.45, 7) is 2.20. The molecule has 1 aliphatic carbocycles. The van der Waals surface area contributed by atoms with Gasteiger partial charge in [-0.1, -0.05) is 29.8 Å². The van der Waals surface area contributed by atoms with E-state index < -0.39 is 0 Å². The summed E-state index contributed by atoms with van der Waals surface area (Å²) in [7, 11) is 5.68. The highest BCUT2D eigenvalue weighted by Crippen LogP contribution is 2.57. The molecule has 3 heterocycles. The molecule has 0 bridgehead atoms. The zero-order chi connectivity index (χ0) is 25.7. The number of nitrogens with one attached hydrogen (secondary N) is 1. The SMILES string of the molecule is COc1cc(C2CCN(C)CC2)ccc1Nc1ncc(Cl)c(Oc2cccc3c2C(=O)N(C)C32CC2)n1. The summed E-state index contributed by atoms with van der Waals surface area (Å²) in [5.74, 6) is 2.16. The summed E-state index contributed by atoms with van der Waals surface area (Å²) in [5.41, 5.74) is 3.43. The van der Waals surface area contributed by atoms with Crippen molar-refractivity contribution in [2.75, 3.05) is 39.6 Å². The first-order valence-corrected chi connectivity index (χ1v) is 13.0. The molecule has 1 spiro atoms. The van der Waals surface area contributed by atoms with Crippen molar-refractivity contribution in [3.8, 4) is 17.4 Å². The third-order valence-electron chi connectivity index (χ3n) is 7.99. The Morgan fingerprint density at radius 3 is 2.62 bits per heavy atom. The van der Waals surface area contributed by atoms with Gasteiger partial charge in [0.15, 0.2) is 0 Å². The fourth-order valence-corrected chi connectivity index (χ4v) is 5.73. The van der Waals surface area contributed by atoms with E-state index >= 15 is 0 Å². The van der Waals surface area contributed by atoms with Crippen LogP contribution in [0.1, 0.15) is 53.1 Å². The van der Waals surface area contributed by atoms with Crippen LogP contribution in [-0.4, -0.2) is 60.0 Å². The van der Waals surface area contributed by atoms with Crippen molar-refractivity contribution in [2.24, 2.45) is 0 Å². The van der Waals surface area contributed by atoms with E-state index in [4.69, 9.17) is 21.1 Å². The highest BCUT2D eigenvalue weighted by atomic mass is 35.5. The number of carbonyl (C=O) groups is 1. The Bertz CT molecular complexity index is 1370. The zero-order valence-electron chi connectivity index (χ0n) is 21.3. The molecule has 0 radical (unpaired) electrons. The van der Waals surface area contributed by atoms with Gasteiger partial charge in [-0.05, 0) is 81.1 Å². The molecule has 2 aliphatic heterocycles. The number of carbonyl (C=O) groups excluding carboxylic acids is 1.